The summed E-state index contributed by atoms with van der Waals surface area (Å²) < 4.78 is 26.8. The number of rotatable bonds is 3. The first kappa shape index (κ1) is 15.9. The van der Waals surface area contributed by atoms with Crippen molar-refractivity contribution >= 4 is 15.9 Å². The number of carbonyl (C=O) groups is 1. The first-order valence-electron chi connectivity index (χ1n) is 6.95. The standard InChI is InChI=1S/C14H21N3O3S/c1-16(2)14(18)12-5-3-6-13(11-12)21(19,20)17-9-4-7-15-8-10-17/h3,5-6,11,15H,4,7-10H2,1-2H3. The van der Waals surface area contributed by atoms with Gasteiger partial charge in [0.15, 0.2) is 0 Å². The Morgan fingerprint density at radius 2 is 2.00 bits per heavy atom. The summed E-state index contributed by atoms with van der Waals surface area (Å²) in [6.07, 6.45) is 0.787. The van der Waals surface area contributed by atoms with Crippen molar-refractivity contribution in [1.82, 2.24) is 14.5 Å². The van der Waals surface area contributed by atoms with Crippen LogP contribution in [0.2, 0.25) is 0 Å². The molecule has 0 aliphatic carbocycles. The van der Waals surface area contributed by atoms with Gasteiger partial charge < -0.3 is 10.2 Å². The molecule has 0 unspecified atom stereocenters. The average Bonchev–Trinajstić information content (AvgIpc) is 2.76. The van der Waals surface area contributed by atoms with Gasteiger partial charge >= 0.3 is 0 Å². The Morgan fingerprint density at radius 1 is 1.24 bits per heavy atom. The zero-order valence-electron chi connectivity index (χ0n) is 12.4. The van der Waals surface area contributed by atoms with Gasteiger partial charge in [0.25, 0.3) is 5.91 Å². The topological polar surface area (TPSA) is 69.7 Å². The third-order valence-corrected chi connectivity index (χ3v) is 5.32. The molecule has 0 radical (unpaired) electrons. The van der Waals surface area contributed by atoms with Crippen molar-refractivity contribution in [3.8, 4) is 0 Å². The van der Waals surface area contributed by atoms with Crippen molar-refractivity contribution in [2.24, 2.45) is 0 Å². The molecule has 1 fully saturated rings. The van der Waals surface area contributed by atoms with Crippen LogP contribution in [-0.2, 0) is 10.0 Å². The molecule has 1 saturated heterocycles. The van der Waals surface area contributed by atoms with Crippen LogP contribution in [0.5, 0.6) is 0 Å². The van der Waals surface area contributed by atoms with Gasteiger partial charge in [-0.15, -0.1) is 0 Å². The van der Waals surface area contributed by atoms with E-state index in [0.29, 0.717) is 25.2 Å². The number of hydrogen-bond acceptors (Lipinski definition) is 4. The van der Waals surface area contributed by atoms with Crippen LogP contribution in [0.25, 0.3) is 0 Å². The fraction of sp³-hybridized carbons (Fsp3) is 0.500. The largest absolute Gasteiger partial charge is 0.345 e. The highest BCUT2D eigenvalue weighted by Gasteiger charge is 2.25. The summed E-state index contributed by atoms with van der Waals surface area (Å²) in [5.41, 5.74) is 0.383. The number of sulfonamides is 1. The summed E-state index contributed by atoms with van der Waals surface area (Å²) >= 11 is 0. The molecule has 6 nitrogen and oxygen atoms in total. The van der Waals surface area contributed by atoms with E-state index in [4.69, 9.17) is 0 Å². The summed E-state index contributed by atoms with van der Waals surface area (Å²) in [6, 6.07) is 6.24. The Hall–Kier alpha value is -1.44. The number of nitrogens with zero attached hydrogens (tertiary/aromatic N) is 2. The molecule has 1 amide bonds. The molecule has 7 heteroatoms. The van der Waals surface area contributed by atoms with Gasteiger partial charge in [0, 0.05) is 39.3 Å². The molecule has 1 N–H and O–H groups in total. The third kappa shape index (κ3) is 3.61. The van der Waals surface area contributed by atoms with E-state index in [9.17, 15) is 13.2 Å². The van der Waals surface area contributed by atoms with Crippen LogP contribution in [0.3, 0.4) is 0 Å². The lowest BCUT2D eigenvalue weighted by molar-refractivity contribution is 0.0827. The highest BCUT2D eigenvalue weighted by atomic mass is 32.2. The molecule has 1 aromatic rings. The van der Waals surface area contributed by atoms with Crippen molar-refractivity contribution in [3.63, 3.8) is 0 Å². The Kier molecular flexibility index (Phi) is 4.97. The Balaban J connectivity index is 2.31. The Morgan fingerprint density at radius 3 is 2.71 bits per heavy atom. The van der Waals surface area contributed by atoms with Crippen molar-refractivity contribution in [2.75, 3.05) is 40.3 Å². The molecular weight excluding hydrogens is 290 g/mol. The second-order valence-corrected chi connectivity index (χ2v) is 7.17. The third-order valence-electron chi connectivity index (χ3n) is 3.42. The van der Waals surface area contributed by atoms with Gasteiger partial charge in [0.1, 0.15) is 0 Å². The van der Waals surface area contributed by atoms with Crippen LogP contribution in [0.4, 0.5) is 0 Å². The molecule has 0 spiro atoms. The fourth-order valence-electron chi connectivity index (χ4n) is 2.26. The van der Waals surface area contributed by atoms with E-state index in [-0.39, 0.29) is 10.8 Å². The maximum atomic E-state index is 12.7. The van der Waals surface area contributed by atoms with Crippen LogP contribution >= 0.6 is 0 Å². The zero-order chi connectivity index (χ0) is 15.5. The molecule has 116 valence electrons. The molecule has 0 aromatic heterocycles. The predicted molar refractivity (Wildman–Crippen MR) is 80.7 cm³/mol. The van der Waals surface area contributed by atoms with Crippen LogP contribution in [0.15, 0.2) is 29.2 Å². The van der Waals surface area contributed by atoms with Gasteiger partial charge in [-0.2, -0.15) is 4.31 Å². The lowest BCUT2D eigenvalue weighted by Crippen LogP contribution is -2.34. The summed E-state index contributed by atoms with van der Waals surface area (Å²) in [6.45, 7) is 2.43. The lowest BCUT2D eigenvalue weighted by Gasteiger charge is -2.20. The summed E-state index contributed by atoms with van der Waals surface area (Å²) in [4.78, 5) is 13.6. The molecule has 0 bridgehead atoms. The first-order chi connectivity index (χ1) is 9.93. The van der Waals surface area contributed by atoms with E-state index in [1.807, 2.05) is 0 Å². The second-order valence-electron chi connectivity index (χ2n) is 5.24. The van der Waals surface area contributed by atoms with Gasteiger partial charge in [-0.25, -0.2) is 8.42 Å². The maximum absolute atomic E-state index is 12.7. The first-order valence-corrected chi connectivity index (χ1v) is 8.39. The number of benzene rings is 1. The second kappa shape index (κ2) is 6.55. The van der Waals surface area contributed by atoms with Crippen molar-refractivity contribution in [2.45, 2.75) is 11.3 Å². The lowest BCUT2D eigenvalue weighted by atomic mass is 10.2. The van der Waals surface area contributed by atoms with E-state index in [1.54, 1.807) is 32.3 Å². The molecule has 0 saturated carbocycles. The predicted octanol–water partition coefficient (Wildman–Crippen LogP) is 0.372. The van der Waals surface area contributed by atoms with Crippen LogP contribution in [0, 0.1) is 0 Å². The van der Waals surface area contributed by atoms with Gasteiger partial charge in [-0.1, -0.05) is 6.07 Å². The van der Waals surface area contributed by atoms with Gasteiger partial charge in [-0.3, -0.25) is 4.79 Å². The van der Waals surface area contributed by atoms with E-state index in [1.165, 1.54) is 15.3 Å². The summed E-state index contributed by atoms with van der Waals surface area (Å²) in [5, 5.41) is 3.18. The summed E-state index contributed by atoms with van der Waals surface area (Å²) in [7, 11) is -0.259. The highest BCUT2D eigenvalue weighted by molar-refractivity contribution is 7.89. The minimum Gasteiger partial charge on any atom is -0.345 e. The molecule has 1 aromatic carbocycles. The smallest absolute Gasteiger partial charge is 0.253 e. The number of hydrogen-bond donors (Lipinski definition) is 1. The number of nitrogens with one attached hydrogen (secondary N) is 1. The van der Waals surface area contributed by atoms with Crippen molar-refractivity contribution in [3.05, 3.63) is 29.8 Å². The Bertz CT molecular complexity index is 606. The molecule has 2 rings (SSSR count). The van der Waals surface area contributed by atoms with E-state index in [0.717, 1.165) is 13.0 Å². The van der Waals surface area contributed by atoms with Crippen LogP contribution in [0.1, 0.15) is 16.8 Å². The molecule has 0 atom stereocenters. The van der Waals surface area contributed by atoms with Crippen molar-refractivity contribution in [1.29, 1.82) is 0 Å². The quantitative estimate of drug-likeness (QED) is 0.876. The molecule has 21 heavy (non-hydrogen) atoms. The minimum absolute atomic E-state index is 0.178. The molecular formula is C14H21N3O3S. The minimum atomic E-state index is -3.54. The zero-order valence-corrected chi connectivity index (χ0v) is 13.2. The molecule has 1 aliphatic rings. The van der Waals surface area contributed by atoms with Crippen LogP contribution in [-0.4, -0.2) is 63.8 Å². The van der Waals surface area contributed by atoms with Gasteiger partial charge in [0.2, 0.25) is 10.0 Å². The summed E-state index contributed by atoms with van der Waals surface area (Å²) in [5.74, 6) is -0.204. The number of amides is 1. The van der Waals surface area contributed by atoms with Gasteiger partial charge in [-0.05, 0) is 31.2 Å². The monoisotopic (exact) mass is 311 g/mol. The van der Waals surface area contributed by atoms with Crippen molar-refractivity contribution < 1.29 is 13.2 Å². The van der Waals surface area contributed by atoms with E-state index in [2.05, 4.69) is 5.32 Å². The SMILES string of the molecule is CN(C)C(=O)c1cccc(S(=O)(=O)N2CCCNCC2)c1. The molecule has 1 aliphatic heterocycles. The number of carbonyl (C=O) groups excluding carboxylic acids is 1. The molecule has 1 heterocycles. The van der Waals surface area contributed by atoms with Gasteiger partial charge in [0.05, 0.1) is 4.90 Å². The Labute approximate surface area is 125 Å². The normalized spacial score (nSPS) is 17.2. The fourth-order valence-corrected chi connectivity index (χ4v) is 3.78. The average molecular weight is 311 g/mol. The maximum Gasteiger partial charge on any atom is 0.253 e. The van der Waals surface area contributed by atoms with E-state index < -0.39 is 10.0 Å². The van der Waals surface area contributed by atoms with Crippen LogP contribution < -0.4 is 5.32 Å². The van der Waals surface area contributed by atoms with E-state index >= 15 is 0 Å². The highest BCUT2D eigenvalue weighted by Crippen LogP contribution is 2.18.